The number of carbonyl (C=O) groups excluding carboxylic acids is 1. The van der Waals surface area contributed by atoms with E-state index in [2.05, 4.69) is 10.4 Å². The first kappa shape index (κ1) is 16.2. The van der Waals surface area contributed by atoms with Gasteiger partial charge < -0.3 is 5.32 Å². The molecule has 2 aromatic carbocycles. The standard InChI is InChI=1S/C15H10Cl2N4O3/c1-8-2-3-9(6-12(8)16)18-15(22)20-13-7-10(21(23)24)4-5-11(13)14(17)19-20/h2-7H,1H3,(H,18,22). The van der Waals surface area contributed by atoms with Crippen LogP contribution in [0.4, 0.5) is 16.2 Å². The number of anilines is 1. The zero-order valence-electron chi connectivity index (χ0n) is 12.3. The van der Waals surface area contributed by atoms with Crippen LogP contribution in [-0.4, -0.2) is 20.7 Å². The number of nitrogens with zero attached hydrogens (tertiary/aromatic N) is 3. The van der Waals surface area contributed by atoms with Gasteiger partial charge in [0.15, 0.2) is 5.15 Å². The zero-order valence-corrected chi connectivity index (χ0v) is 13.8. The summed E-state index contributed by atoms with van der Waals surface area (Å²) in [6, 6.07) is 8.45. The molecule has 1 heterocycles. The van der Waals surface area contributed by atoms with E-state index in [4.69, 9.17) is 23.2 Å². The number of benzene rings is 2. The predicted octanol–water partition coefficient (Wildman–Crippen LogP) is 4.64. The number of nitro groups is 1. The molecule has 7 nitrogen and oxygen atoms in total. The van der Waals surface area contributed by atoms with Crippen molar-refractivity contribution in [2.24, 2.45) is 0 Å². The fraction of sp³-hybridized carbons (Fsp3) is 0.0667. The van der Waals surface area contributed by atoms with Crippen molar-refractivity contribution >= 4 is 51.5 Å². The molecule has 1 aromatic heterocycles. The van der Waals surface area contributed by atoms with Crippen LogP contribution in [0.5, 0.6) is 0 Å². The number of fused-ring (bicyclic) bond motifs is 1. The van der Waals surface area contributed by atoms with Gasteiger partial charge in [0, 0.05) is 28.2 Å². The Hall–Kier alpha value is -2.64. The van der Waals surface area contributed by atoms with E-state index in [1.54, 1.807) is 18.2 Å². The number of nitro benzene ring substituents is 1. The molecule has 0 spiro atoms. The topological polar surface area (TPSA) is 90.1 Å². The number of halogens is 2. The van der Waals surface area contributed by atoms with Crippen molar-refractivity contribution in [1.29, 1.82) is 0 Å². The quantitative estimate of drug-likeness (QED) is 0.529. The van der Waals surface area contributed by atoms with E-state index in [9.17, 15) is 14.9 Å². The number of rotatable bonds is 2. The molecule has 0 bridgehead atoms. The number of aryl methyl sites for hydroxylation is 1. The Bertz CT molecular complexity index is 984. The van der Waals surface area contributed by atoms with Crippen LogP contribution in [0.25, 0.3) is 10.9 Å². The van der Waals surface area contributed by atoms with Gasteiger partial charge in [0.25, 0.3) is 5.69 Å². The Morgan fingerprint density at radius 1 is 1.25 bits per heavy atom. The molecule has 0 radical (unpaired) electrons. The number of amides is 1. The number of aromatic nitrogens is 2. The van der Waals surface area contributed by atoms with E-state index in [1.165, 1.54) is 18.2 Å². The number of hydrogen-bond donors (Lipinski definition) is 1. The maximum absolute atomic E-state index is 12.4. The fourth-order valence-corrected chi connectivity index (χ4v) is 2.60. The Morgan fingerprint density at radius 3 is 2.67 bits per heavy atom. The Kier molecular flexibility index (Phi) is 4.13. The van der Waals surface area contributed by atoms with Gasteiger partial charge >= 0.3 is 6.03 Å². The molecule has 0 aliphatic rings. The van der Waals surface area contributed by atoms with Gasteiger partial charge in [0.1, 0.15) is 0 Å². The van der Waals surface area contributed by atoms with Gasteiger partial charge in [-0.15, -0.1) is 0 Å². The molecule has 0 saturated carbocycles. The molecule has 0 unspecified atom stereocenters. The first-order chi connectivity index (χ1) is 11.4. The molecule has 0 aliphatic heterocycles. The highest BCUT2D eigenvalue weighted by Crippen LogP contribution is 2.27. The van der Waals surface area contributed by atoms with Crippen molar-refractivity contribution in [1.82, 2.24) is 9.78 Å². The molecule has 24 heavy (non-hydrogen) atoms. The summed E-state index contributed by atoms with van der Waals surface area (Å²) in [6.07, 6.45) is 0. The molecule has 3 aromatic rings. The lowest BCUT2D eigenvalue weighted by Crippen LogP contribution is -2.20. The maximum atomic E-state index is 12.4. The van der Waals surface area contributed by atoms with Crippen molar-refractivity contribution in [3.8, 4) is 0 Å². The molecule has 1 N–H and O–H groups in total. The van der Waals surface area contributed by atoms with Crippen molar-refractivity contribution in [2.45, 2.75) is 6.92 Å². The number of carbonyl (C=O) groups is 1. The van der Waals surface area contributed by atoms with Crippen LogP contribution < -0.4 is 5.32 Å². The van der Waals surface area contributed by atoms with E-state index < -0.39 is 11.0 Å². The average molecular weight is 365 g/mol. The van der Waals surface area contributed by atoms with Crippen molar-refractivity contribution < 1.29 is 9.72 Å². The van der Waals surface area contributed by atoms with Gasteiger partial charge in [-0.2, -0.15) is 9.78 Å². The summed E-state index contributed by atoms with van der Waals surface area (Å²) in [5.74, 6) is 0. The van der Waals surface area contributed by atoms with E-state index in [0.29, 0.717) is 16.1 Å². The van der Waals surface area contributed by atoms with E-state index >= 15 is 0 Å². The first-order valence-electron chi connectivity index (χ1n) is 6.77. The summed E-state index contributed by atoms with van der Waals surface area (Å²) >= 11 is 12.0. The van der Waals surface area contributed by atoms with Crippen LogP contribution in [0.1, 0.15) is 5.56 Å². The highest BCUT2D eigenvalue weighted by molar-refractivity contribution is 6.34. The number of non-ortho nitro benzene ring substituents is 1. The molecule has 122 valence electrons. The minimum absolute atomic E-state index is 0.0805. The summed E-state index contributed by atoms with van der Waals surface area (Å²) in [5, 5.41) is 18.5. The van der Waals surface area contributed by atoms with E-state index in [0.717, 1.165) is 10.2 Å². The lowest BCUT2D eigenvalue weighted by Gasteiger charge is -2.07. The monoisotopic (exact) mass is 364 g/mol. The molecule has 9 heteroatoms. The largest absolute Gasteiger partial charge is 0.347 e. The van der Waals surface area contributed by atoms with Crippen LogP contribution in [0.15, 0.2) is 36.4 Å². The second-order valence-corrected chi connectivity index (χ2v) is 5.82. The Morgan fingerprint density at radius 2 is 2.00 bits per heavy atom. The predicted molar refractivity (Wildman–Crippen MR) is 92.0 cm³/mol. The summed E-state index contributed by atoms with van der Waals surface area (Å²) in [4.78, 5) is 22.8. The lowest BCUT2D eigenvalue weighted by molar-refractivity contribution is -0.384. The van der Waals surface area contributed by atoms with Gasteiger partial charge in [-0.05, 0) is 30.7 Å². The van der Waals surface area contributed by atoms with Crippen LogP contribution in [0.2, 0.25) is 10.2 Å². The Labute approximate surface area is 145 Å². The second kappa shape index (κ2) is 6.10. The highest BCUT2D eigenvalue weighted by Gasteiger charge is 2.18. The van der Waals surface area contributed by atoms with Gasteiger partial charge in [-0.25, -0.2) is 4.79 Å². The molecular weight excluding hydrogens is 355 g/mol. The minimum atomic E-state index is -0.604. The third-order valence-corrected chi connectivity index (χ3v) is 4.13. The zero-order chi connectivity index (χ0) is 17.4. The summed E-state index contributed by atoms with van der Waals surface area (Å²) in [5.41, 5.74) is 1.43. The van der Waals surface area contributed by atoms with Gasteiger partial charge in [-0.1, -0.05) is 29.3 Å². The van der Waals surface area contributed by atoms with Gasteiger partial charge in [-0.3, -0.25) is 10.1 Å². The van der Waals surface area contributed by atoms with Crippen molar-refractivity contribution in [2.75, 3.05) is 5.32 Å². The van der Waals surface area contributed by atoms with Crippen LogP contribution in [0, 0.1) is 17.0 Å². The summed E-state index contributed by atoms with van der Waals surface area (Å²) < 4.78 is 0.985. The lowest BCUT2D eigenvalue weighted by atomic mass is 10.2. The van der Waals surface area contributed by atoms with Crippen LogP contribution in [-0.2, 0) is 0 Å². The molecule has 0 saturated heterocycles. The molecule has 0 atom stereocenters. The third-order valence-electron chi connectivity index (χ3n) is 3.45. The second-order valence-electron chi connectivity index (χ2n) is 5.06. The molecular formula is C15H10Cl2N4O3. The molecule has 3 rings (SSSR count). The maximum Gasteiger partial charge on any atom is 0.347 e. The highest BCUT2D eigenvalue weighted by atomic mass is 35.5. The van der Waals surface area contributed by atoms with Crippen LogP contribution in [0.3, 0.4) is 0 Å². The molecule has 0 fully saturated rings. The van der Waals surface area contributed by atoms with E-state index in [-0.39, 0.29) is 16.4 Å². The van der Waals surface area contributed by atoms with E-state index in [1.807, 2.05) is 6.92 Å². The summed E-state index contributed by atoms with van der Waals surface area (Å²) in [7, 11) is 0. The van der Waals surface area contributed by atoms with Crippen molar-refractivity contribution in [3.63, 3.8) is 0 Å². The van der Waals surface area contributed by atoms with Gasteiger partial charge in [0.05, 0.1) is 10.4 Å². The third kappa shape index (κ3) is 2.91. The van der Waals surface area contributed by atoms with Crippen molar-refractivity contribution in [3.05, 3.63) is 62.3 Å². The SMILES string of the molecule is Cc1ccc(NC(=O)n2nc(Cl)c3ccc([N+](=O)[O-])cc32)cc1Cl. The van der Waals surface area contributed by atoms with Crippen LogP contribution >= 0.6 is 23.2 Å². The minimum Gasteiger partial charge on any atom is -0.306 e. The summed E-state index contributed by atoms with van der Waals surface area (Å²) in [6.45, 7) is 1.84. The molecule has 0 aliphatic carbocycles. The first-order valence-corrected chi connectivity index (χ1v) is 7.52. The van der Waals surface area contributed by atoms with Gasteiger partial charge in [0.2, 0.25) is 0 Å². The number of hydrogen-bond acceptors (Lipinski definition) is 4. The average Bonchev–Trinajstić information content (AvgIpc) is 2.87. The number of nitrogens with one attached hydrogen (secondary N) is 1. The smallest absolute Gasteiger partial charge is 0.306 e. The molecule has 1 amide bonds. The fourth-order valence-electron chi connectivity index (χ4n) is 2.18. The normalized spacial score (nSPS) is 10.8. The Balaban J connectivity index is 2.01.